The normalized spacial score (nSPS) is 11.6. The molecule has 31 heavy (non-hydrogen) atoms. The monoisotopic (exact) mass is 422 g/mol. The van der Waals surface area contributed by atoms with E-state index in [1.54, 1.807) is 6.07 Å². The van der Waals surface area contributed by atoms with Gasteiger partial charge in [0.1, 0.15) is 0 Å². The van der Waals surface area contributed by atoms with E-state index in [0.29, 0.717) is 17.9 Å². The minimum Gasteiger partial charge on any atom is -0.322 e. The molecule has 2 aromatic heterocycles. The second-order valence-corrected chi connectivity index (χ2v) is 8.91. The third kappa shape index (κ3) is 4.60. The Morgan fingerprint density at radius 3 is 2.35 bits per heavy atom. The first-order valence-electron chi connectivity index (χ1n) is 10.7. The van der Waals surface area contributed by atoms with Gasteiger partial charge in [-0.25, -0.2) is 9.78 Å². The first-order chi connectivity index (χ1) is 14.6. The number of carbonyl (C=O) groups is 1. The predicted octanol–water partition coefficient (Wildman–Crippen LogP) is 4.24. The van der Waals surface area contributed by atoms with E-state index in [1.807, 2.05) is 52.0 Å². The molecular formula is C24H30N4O3. The lowest BCUT2D eigenvalue weighted by Gasteiger charge is -2.17. The molecule has 0 radical (unpaired) electrons. The van der Waals surface area contributed by atoms with Crippen LogP contribution in [0.4, 0.5) is 5.69 Å². The van der Waals surface area contributed by atoms with Crippen molar-refractivity contribution in [2.24, 2.45) is 5.92 Å². The Labute approximate surface area is 181 Å². The van der Waals surface area contributed by atoms with Gasteiger partial charge in [-0.2, -0.15) is 0 Å². The Morgan fingerprint density at radius 2 is 1.74 bits per heavy atom. The molecule has 0 bridgehead atoms. The van der Waals surface area contributed by atoms with Gasteiger partial charge in [0, 0.05) is 17.9 Å². The van der Waals surface area contributed by atoms with Crippen LogP contribution in [0.5, 0.6) is 0 Å². The van der Waals surface area contributed by atoms with E-state index in [2.05, 4.69) is 29.1 Å². The highest BCUT2D eigenvalue weighted by atomic mass is 16.2. The molecule has 3 aromatic rings. The number of aromatic amines is 1. The van der Waals surface area contributed by atoms with Crippen LogP contribution in [0.3, 0.4) is 0 Å². The molecule has 0 unspecified atom stereocenters. The van der Waals surface area contributed by atoms with Crippen molar-refractivity contribution in [1.82, 2.24) is 14.5 Å². The summed E-state index contributed by atoms with van der Waals surface area (Å²) >= 11 is 0. The Morgan fingerprint density at radius 1 is 1.06 bits per heavy atom. The number of carbonyl (C=O) groups excluding carboxylic acids is 1. The Bertz CT molecular complexity index is 1240. The Hall–Kier alpha value is -3.22. The maximum absolute atomic E-state index is 13.4. The van der Waals surface area contributed by atoms with Crippen molar-refractivity contribution >= 4 is 22.6 Å². The maximum atomic E-state index is 13.4. The average Bonchev–Trinajstić information content (AvgIpc) is 2.70. The number of anilines is 1. The van der Waals surface area contributed by atoms with Crippen molar-refractivity contribution in [2.45, 2.75) is 59.9 Å². The van der Waals surface area contributed by atoms with Crippen molar-refractivity contribution in [3.63, 3.8) is 0 Å². The molecule has 7 nitrogen and oxygen atoms in total. The topological polar surface area (TPSA) is 96.9 Å². The summed E-state index contributed by atoms with van der Waals surface area (Å²) in [6, 6.07) is 9.26. The summed E-state index contributed by atoms with van der Waals surface area (Å²) in [5.41, 5.74) is 1.69. The van der Waals surface area contributed by atoms with Crippen LogP contribution in [-0.2, 0) is 6.54 Å². The molecule has 164 valence electrons. The lowest BCUT2D eigenvalue weighted by atomic mass is 10.0. The van der Waals surface area contributed by atoms with E-state index in [9.17, 15) is 14.4 Å². The van der Waals surface area contributed by atoms with Gasteiger partial charge >= 0.3 is 5.69 Å². The molecule has 0 aliphatic rings. The standard InChI is InChI=1S/C24H30N4O3/c1-13(2)12-28-21-20(23(30)27-24(28)31)17(11-19(25-21)15(5)6)22(29)26-18-10-8-7-9-16(18)14(3)4/h7-11,13-15H,12H2,1-6H3,(H,26,29)(H,27,30,31). The van der Waals surface area contributed by atoms with Gasteiger partial charge in [-0.05, 0) is 35.4 Å². The molecule has 0 aliphatic carbocycles. The van der Waals surface area contributed by atoms with Gasteiger partial charge in [0.2, 0.25) is 0 Å². The van der Waals surface area contributed by atoms with Crippen LogP contribution in [0, 0.1) is 5.92 Å². The molecule has 1 aromatic carbocycles. The van der Waals surface area contributed by atoms with E-state index in [0.717, 1.165) is 5.56 Å². The molecule has 3 rings (SSSR count). The van der Waals surface area contributed by atoms with Gasteiger partial charge in [0.05, 0.1) is 10.9 Å². The highest BCUT2D eigenvalue weighted by Crippen LogP contribution is 2.26. The zero-order valence-electron chi connectivity index (χ0n) is 18.9. The quantitative estimate of drug-likeness (QED) is 0.621. The Balaban J connectivity index is 2.25. The van der Waals surface area contributed by atoms with E-state index >= 15 is 0 Å². The fourth-order valence-corrected chi connectivity index (χ4v) is 3.61. The van der Waals surface area contributed by atoms with Crippen LogP contribution in [0.1, 0.15) is 75.0 Å². The van der Waals surface area contributed by atoms with E-state index < -0.39 is 17.2 Å². The first kappa shape index (κ1) is 22.5. The molecular weight excluding hydrogens is 392 g/mol. The van der Waals surface area contributed by atoms with Crippen LogP contribution < -0.4 is 16.6 Å². The number of rotatable bonds is 6. The van der Waals surface area contributed by atoms with Crippen LogP contribution in [-0.4, -0.2) is 20.4 Å². The molecule has 0 spiro atoms. The molecule has 0 fully saturated rings. The molecule has 0 aliphatic heterocycles. The van der Waals surface area contributed by atoms with Crippen LogP contribution in [0.15, 0.2) is 39.9 Å². The molecule has 0 saturated carbocycles. The second kappa shape index (κ2) is 8.88. The summed E-state index contributed by atoms with van der Waals surface area (Å²) in [5.74, 6) is -0.00790. The Kier molecular flexibility index (Phi) is 6.43. The zero-order valence-corrected chi connectivity index (χ0v) is 18.9. The third-order valence-electron chi connectivity index (χ3n) is 5.18. The van der Waals surface area contributed by atoms with Crippen LogP contribution in [0.2, 0.25) is 0 Å². The number of H-pyrrole nitrogens is 1. The van der Waals surface area contributed by atoms with Crippen LogP contribution >= 0.6 is 0 Å². The van der Waals surface area contributed by atoms with Crippen LogP contribution in [0.25, 0.3) is 11.0 Å². The van der Waals surface area contributed by atoms with Crippen molar-refractivity contribution in [1.29, 1.82) is 0 Å². The summed E-state index contributed by atoms with van der Waals surface area (Å²) < 4.78 is 1.45. The van der Waals surface area contributed by atoms with Crippen molar-refractivity contribution in [3.8, 4) is 0 Å². The van der Waals surface area contributed by atoms with Gasteiger partial charge in [0.15, 0.2) is 5.65 Å². The van der Waals surface area contributed by atoms with Crippen molar-refractivity contribution in [3.05, 3.63) is 68.0 Å². The second-order valence-electron chi connectivity index (χ2n) is 8.91. The molecule has 2 N–H and O–H groups in total. The number of nitrogens with one attached hydrogen (secondary N) is 2. The highest BCUT2D eigenvalue weighted by molar-refractivity contribution is 6.12. The summed E-state index contributed by atoms with van der Waals surface area (Å²) in [4.78, 5) is 45.6. The molecule has 0 atom stereocenters. The summed E-state index contributed by atoms with van der Waals surface area (Å²) in [7, 11) is 0. The minimum atomic E-state index is -0.606. The van der Waals surface area contributed by atoms with E-state index in [-0.39, 0.29) is 34.4 Å². The number of para-hydroxylation sites is 1. The van der Waals surface area contributed by atoms with Gasteiger partial charge in [-0.1, -0.05) is 59.7 Å². The lowest BCUT2D eigenvalue weighted by molar-refractivity contribution is 0.102. The largest absolute Gasteiger partial charge is 0.330 e. The summed E-state index contributed by atoms with van der Waals surface area (Å²) in [5, 5.41) is 3.09. The average molecular weight is 423 g/mol. The lowest BCUT2D eigenvalue weighted by Crippen LogP contribution is -2.33. The summed E-state index contributed by atoms with van der Waals surface area (Å²) in [6.45, 7) is 12.4. The molecule has 1 amide bonds. The van der Waals surface area contributed by atoms with E-state index in [4.69, 9.17) is 0 Å². The number of aromatic nitrogens is 3. The smallest absolute Gasteiger partial charge is 0.322 e. The fraction of sp³-hybridized carbons (Fsp3) is 0.417. The first-order valence-corrected chi connectivity index (χ1v) is 10.7. The van der Waals surface area contributed by atoms with E-state index in [1.165, 1.54) is 4.57 Å². The SMILES string of the molecule is CC(C)Cn1c(=O)[nH]c(=O)c2c(C(=O)Nc3ccccc3C(C)C)cc(C(C)C)nc21. The number of benzene rings is 1. The third-order valence-corrected chi connectivity index (χ3v) is 5.18. The van der Waals surface area contributed by atoms with Gasteiger partial charge < -0.3 is 5.32 Å². The van der Waals surface area contributed by atoms with Gasteiger partial charge in [0.25, 0.3) is 11.5 Å². The molecule has 7 heteroatoms. The number of fused-ring (bicyclic) bond motifs is 1. The fourth-order valence-electron chi connectivity index (χ4n) is 3.61. The highest BCUT2D eigenvalue weighted by Gasteiger charge is 2.21. The van der Waals surface area contributed by atoms with Gasteiger partial charge in [-0.3, -0.25) is 19.1 Å². The molecule has 0 saturated heterocycles. The minimum absolute atomic E-state index is 0.0146. The number of amides is 1. The zero-order chi connectivity index (χ0) is 22.9. The maximum Gasteiger partial charge on any atom is 0.330 e. The van der Waals surface area contributed by atoms with Crippen molar-refractivity contribution < 1.29 is 4.79 Å². The van der Waals surface area contributed by atoms with Crippen molar-refractivity contribution in [2.75, 3.05) is 5.32 Å². The summed E-state index contributed by atoms with van der Waals surface area (Å²) in [6.07, 6.45) is 0. The number of hydrogen-bond acceptors (Lipinski definition) is 4. The van der Waals surface area contributed by atoms with Gasteiger partial charge in [-0.15, -0.1) is 0 Å². The predicted molar refractivity (Wildman–Crippen MR) is 124 cm³/mol. The number of hydrogen-bond donors (Lipinski definition) is 2. The molecule has 2 heterocycles. The number of nitrogens with zero attached hydrogens (tertiary/aromatic N) is 2. The number of pyridine rings is 1.